The molecule has 1 aliphatic carbocycles. The Morgan fingerprint density at radius 1 is 1.31 bits per heavy atom. The van der Waals surface area contributed by atoms with Gasteiger partial charge in [-0.3, -0.25) is 0 Å². The van der Waals surface area contributed by atoms with Gasteiger partial charge in [-0.1, -0.05) is 0 Å². The van der Waals surface area contributed by atoms with Crippen LogP contribution in [0.4, 0.5) is 10.5 Å². The zero-order valence-corrected chi connectivity index (χ0v) is 17.5. The highest BCUT2D eigenvalue weighted by molar-refractivity contribution is 7.19. The van der Waals surface area contributed by atoms with E-state index < -0.39 is 0 Å². The Labute approximate surface area is 174 Å². The van der Waals surface area contributed by atoms with Crippen molar-refractivity contribution >= 4 is 33.3 Å². The van der Waals surface area contributed by atoms with Gasteiger partial charge in [-0.2, -0.15) is 0 Å². The van der Waals surface area contributed by atoms with Gasteiger partial charge in [0.15, 0.2) is 0 Å². The molecule has 9 heteroatoms. The van der Waals surface area contributed by atoms with Gasteiger partial charge in [0.05, 0.1) is 43.4 Å². The SMILES string of the molecule is COc1ccc(N2CCOCC2)c2sc(CNC(=O)NC3CCC(O)CC3)nc12. The van der Waals surface area contributed by atoms with Crippen LogP contribution < -0.4 is 20.3 Å². The minimum Gasteiger partial charge on any atom is -0.494 e. The number of hydrogen-bond donors (Lipinski definition) is 3. The summed E-state index contributed by atoms with van der Waals surface area (Å²) in [5, 5.41) is 16.3. The molecule has 1 aromatic heterocycles. The topological polar surface area (TPSA) is 96.0 Å². The van der Waals surface area contributed by atoms with Gasteiger partial charge in [-0.05, 0) is 37.8 Å². The van der Waals surface area contributed by atoms with E-state index in [1.807, 2.05) is 6.07 Å². The Kier molecular flexibility index (Phi) is 6.37. The van der Waals surface area contributed by atoms with E-state index in [-0.39, 0.29) is 18.2 Å². The molecule has 2 fully saturated rings. The number of fused-ring (bicyclic) bond motifs is 1. The summed E-state index contributed by atoms with van der Waals surface area (Å²) in [7, 11) is 1.65. The number of carbonyl (C=O) groups excluding carboxylic acids is 1. The highest BCUT2D eigenvalue weighted by Gasteiger charge is 2.22. The maximum absolute atomic E-state index is 12.3. The van der Waals surface area contributed by atoms with Crippen LogP contribution in [0.1, 0.15) is 30.7 Å². The lowest BCUT2D eigenvalue weighted by Crippen LogP contribution is -2.43. The van der Waals surface area contributed by atoms with Gasteiger partial charge in [-0.15, -0.1) is 11.3 Å². The van der Waals surface area contributed by atoms with Crippen molar-refractivity contribution < 1.29 is 19.4 Å². The van der Waals surface area contributed by atoms with Crippen LogP contribution in [0.25, 0.3) is 10.2 Å². The Balaban J connectivity index is 1.44. The zero-order chi connectivity index (χ0) is 20.2. The van der Waals surface area contributed by atoms with E-state index in [0.717, 1.165) is 78.6 Å². The largest absolute Gasteiger partial charge is 0.494 e. The molecule has 2 heterocycles. The van der Waals surface area contributed by atoms with Crippen molar-refractivity contribution in [3.63, 3.8) is 0 Å². The quantitative estimate of drug-likeness (QED) is 0.687. The summed E-state index contributed by atoms with van der Waals surface area (Å²) in [6.45, 7) is 3.52. The number of benzene rings is 1. The standard InChI is InChI=1S/C20H28N4O4S/c1-27-16-7-6-15(24-8-10-28-11-9-24)19-18(16)23-17(29-19)12-21-20(26)22-13-2-4-14(25)5-3-13/h6-7,13-14,25H,2-5,8-12H2,1H3,(H2,21,22,26). The number of amides is 2. The molecule has 2 aromatic rings. The summed E-state index contributed by atoms with van der Waals surface area (Å²) >= 11 is 1.59. The maximum Gasteiger partial charge on any atom is 0.315 e. The third-order valence-corrected chi connectivity index (χ3v) is 6.61. The number of thiazole rings is 1. The van der Waals surface area contributed by atoms with E-state index in [1.165, 1.54) is 0 Å². The van der Waals surface area contributed by atoms with Crippen LogP contribution in [0.3, 0.4) is 0 Å². The highest BCUT2D eigenvalue weighted by Crippen LogP contribution is 2.37. The molecule has 0 spiro atoms. The molecule has 1 aliphatic heterocycles. The van der Waals surface area contributed by atoms with Crippen LogP contribution in [-0.4, -0.2) is 61.7 Å². The van der Waals surface area contributed by atoms with E-state index in [0.29, 0.717) is 6.54 Å². The average Bonchev–Trinajstić information content (AvgIpc) is 3.18. The first-order valence-electron chi connectivity index (χ1n) is 10.2. The Morgan fingerprint density at radius 2 is 2.07 bits per heavy atom. The predicted octanol–water partition coefficient (Wildman–Crippen LogP) is 2.24. The number of aliphatic hydroxyl groups excluding tert-OH is 1. The van der Waals surface area contributed by atoms with E-state index in [4.69, 9.17) is 14.5 Å². The van der Waals surface area contributed by atoms with Gasteiger partial charge in [0.2, 0.25) is 0 Å². The van der Waals surface area contributed by atoms with Crippen molar-refractivity contribution in [2.45, 2.75) is 44.4 Å². The molecule has 0 atom stereocenters. The summed E-state index contributed by atoms with van der Waals surface area (Å²) in [5.41, 5.74) is 1.97. The van der Waals surface area contributed by atoms with E-state index >= 15 is 0 Å². The number of anilines is 1. The molecule has 29 heavy (non-hydrogen) atoms. The van der Waals surface area contributed by atoms with Crippen LogP contribution in [0, 0.1) is 0 Å². The number of methoxy groups -OCH3 is 1. The number of rotatable bonds is 5. The summed E-state index contributed by atoms with van der Waals surface area (Å²) in [5.74, 6) is 0.740. The van der Waals surface area contributed by atoms with E-state index in [9.17, 15) is 9.90 Å². The molecular weight excluding hydrogens is 392 g/mol. The van der Waals surface area contributed by atoms with E-state index in [2.05, 4.69) is 21.6 Å². The fourth-order valence-corrected chi connectivity index (χ4v) is 4.98. The van der Waals surface area contributed by atoms with Crippen molar-refractivity contribution in [2.24, 2.45) is 0 Å². The monoisotopic (exact) mass is 420 g/mol. The first-order chi connectivity index (χ1) is 14.1. The molecule has 4 rings (SSSR count). The van der Waals surface area contributed by atoms with Crippen LogP contribution in [0.2, 0.25) is 0 Å². The van der Waals surface area contributed by atoms with Crippen molar-refractivity contribution in [3.05, 3.63) is 17.1 Å². The molecule has 158 valence electrons. The van der Waals surface area contributed by atoms with E-state index in [1.54, 1.807) is 18.4 Å². The first kappa shape index (κ1) is 20.2. The Morgan fingerprint density at radius 3 is 2.79 bits per heavy atom. The van der Waals surface area contributed by atoms with Crippen molar-refractivity contribution in [1.82, 2.24) is 15.6 Å². The lowest BCUT2D eigenvalue weighted by atomic mass is 9.93. The fourth-order valence-electron chi connectivity index (χ4n) is 3.92. The summed E-state index contributed by atoms with van der Waals surface area (Å²) in [6.07, 6.45) is 2.89. The van der Waals surface area contributed by atoms with Crippen LogP contribution >= 0.6 is 11.3 Å². The molecule has 0 unspecified atom stereocenters. The van der Waals surface area contributed by atoms with Gasteiger partial charge >= 0.3 is 6.03 Å². The molecule has 1 aromatic carbocycles. The zero-order valence-electron chi connectivity index (χ0n) is 16.6. The lowest BCUT2D eigenvalue weighted by Gasteiger charge is -2.29. The number of hydrogen-bond acceptors (Lipinski definition) is 7. The first-order valence-corrected chi connectivity index (χ1v) is 11.0. The third-order valence-electron chi connectivity index (χ3n) is 5.53. The van der Waals surface area contributed by atoms with Crippen LogP contribution in [0.5, 0.6) is 5.75 Å². The number of nitrogens with one attached hydrogen (secondary N) is 2. The molecule has 1 saturated heterocycles. The Bertz CT molecular complexity index is 844. The molecule has 1 saturated carbocycles. The summed E-state index contributed by atoms with van der Waals surface area (Å²) in [6, 6.07) is 3.97. The predicted molar refractivity (Wildman–Crippen MR) is 113 cm³/mol. The van der Waals surface area contributed by atoms with Gasteiger partial charge < -0.3 is 30.1 Å². The number of aromatic nitrogens is 1. The number of morpholine rings is 1. The summed E-state index contributed by atoms with van der Waals surface area (Å²) in [4.78, 5) is 19.3. The van der Waals surface area contributed by atoms with Crippen molar-refractivity contribution in [3.8, 4) is 5.75 Å². The minimum atomic E-state index is -0.227. The average molecular weight is 421 g/mol. The minimum absolute atomic E-state index is 0.127. The number of ether oxygens (including phenoxy) is 2. The van der Waals surface area contributed by atoms with Crippen molar-refractivity contribution in [1.29, 1.82) is 0 Å². The number of carbonyl (C=O) groups is 1. The normalized spacial score (nSPS) is 22.5. The van der Waals surface area contributed by atoms with Crippen molar-refractivity contribution in [2.75, 3.05) is 38.3 Å². The van der Waals surface area contributed by atoms with Gasteiger partial charge in [-0.25, -0.2) is 9.78 Å². The smallest absolute Gasteiger partial charge is 0.315 e. The highest BCUT2D eigenvalue weighted by atomic mass is 32.1. The third kappa shape index (κ3) is 4.73. The van der Waals surface area contributed by atoms with Crippen LogP contribution in [-0.2, 0) is 11.3 Å². The summed E-state index contributed by atoms with van der Waals surface area (Å²) < 4.78 is 12.0. The molecule has 2 amide bonds. The lowest BCUT2D eigenvalue weighted by molar-refractivity contribution is 0.117. The maximum atomic E-state index is 12.3. The molecular formula is C20H28N4O4S. The van der Waals surface area contributed by atoms with Gasteiger partial charge in [0.25, 0.3) is 0 Å². The second kappa shape index (κ2) is 9.15. The number of aliphatic hydroxyl groups is 1. The number of urea groups is 1. The van der Waals surface area contributed by atoms with Gasteiger partial charge in [0.1, 0.15) is 16.3 Å². The molecule has 0 radical (unpaired) electrons. The van der Waals surface area contributed by atoms with Crippen LogP contribution in [0.15, 0.2) is 12.1 Å². The molecule has 2 aliphatic rings. The molecule has 3 N–H and O–H groups in total. The fraction of sp³-hybridized carbons (Fsp3) is 0.600. The Hall–Kier alpha value is -2.10. The number of nitrogens with zero attached hydrogens (tertiary/aromatic N) is 2. The molecule has 8 nitrogen and oxygen atoms in total. The van der Waals surface area contributed by atoms with Gasteiger partial charge in [0, 0.05) is 19.1 Å². The molecule has 0 bridgehead atoms. The second-order valence-electron chi connectivity index (χ2n) is 7.50. The second-order valence-corrected chi connectivity index (χ2v) is 8.59.